The lowest BCUT2D eigenvalue weighted by atomic mass is 9.96. The Balaban J connectivity index is 1.46. The largest absolute Gasteiger partial charge is 0.324 e. The van der Waals surface area contributed by atoms with E-state index in [1.165, 1.54) is 11.6 Å². The van der Waals surface area contributed by atoms with Gasteiger partial charge in [-0.15, -0.1) is 0 Å². The predicted octanol–water partition coefficient (Wildman–Crippen LogP) is 3.77. The highest BCUT2D eigenvalue weighted by atomic mass is 32.2. The van der Waals surface area contributed by atoms with E-state index in [4.69, 9.17) is 5.84 Å². The molecule has 0 spiro atoms. The Labute approximate surface area is 235 Å². The number of nitrogen functional groups attached to an aromatic ring is 1. The molecule has 10 heteroatoms. The fraction of sp³-hybridized carbons (Fsp3) is 0.517. The van der Waals surface area contributed by atoms with Crippen molar-refractivity contribution in [2.24, 2.45) is 11.3 Å². The number of amides is 3. The number of benzene rings is 2. The minimum absolute atomic E-state index is 0.0634. The Bertz CT molecular complexity index is 1130. The summed E-state index contributed by atoms with van der Waals surface area (Å²) in [4.78, 5) is 33.9. The Kier molecular flexibility index (Phi) is 9.87. The molecule has 3 N–H and O–H groups in total. The monoisotopic (exact) mass is 556 g/mol. The van der Waals surface area contributed by atoms with Gasteiger partial charge in [-0.2, -0.15) is 11.8 Å². The molecule has 212 valence electrons. The normalized spacial score (nSPS) is 17.2. The van der Waals surface area contributed by atoms with Crippen molar-refractivity contribution in [3.63, 3.8) is 0 Å². The van der Waals surface area contributed by atoms with Gasteiger partial charge >= 0.3 is 6.03 Å². The molecule has 2 fully saturated rings. The van der Waals surface area contributed by atoms with E-state index in [9.17, 15) is 14.0 Å². The highest BCUT2D eigenvalue weighted by molar-refractivity contribution is 7.99. The van der Waals surface area contributed by atoms with Crippen LogP contribution < -0.4 is 16.2 Å². The number of rotatable bonds is 7. The van der Waals surface area contributed by atoms with E-state index in [0.717, 1.165) is 62.5 Å². The Morgan fingerprint density at radius 3 is 2.21 bits per heavy atom. The zero-order valence-electron chi connectivity index (χ0n) is 23.3. The maximum absolute atomic E-state index is 15.0. The van der Waals surface area contributed by atoms with Gasteiger partial charge in [0.2, 0.25) is 0 Å². The van der Waals surface area contributed by atoms with Crippen molar-refractivity contribution >= 4 is 29.4 Å². The molecule has 2 heterocycles. The molecule has 8 nitrogen and oxygen atoms in total. The number of urea groups is 1. The molecule has 0 saturated carbocycles. The van der Waals surface area contributed by atoms with Crippen molar-refractivity contribution in [1.29, 1.82) is 0 Å². The smallest absolute Gasteiger partial charge is 0.323 e. The average Bonchev–Trinajstić information content (AvgIpc) is 2.93. The molecule has 0 unspecified atom stereocenters. The quantitative estimate of drug-likeness (QED) is 0.307. The van der Waals surface area contributed by atoms with E-state index in [1.807, 2.05) is 34.2 Å². The maximum atomic E-state index is 15.0. The van der Waals surface area contributed by atoms with Crippen molar-refractivity contribution in [3.8, 4) is 0 Å². The van der Waals surface area contributed by atoms with Crippen LogP contribution in [0.15, 0.2) is 42.5 Å². The van der Waals surface area contributed by atoms with E-state index < -0.39 is 11.7 Å². The second-order valence-corrected chi connectivity index (χ2v) is 12.8. The lowest BCUT2D eigenvalue weighted by Gasteiger charge is -2.38. The lowest BCUT2D eigenvalue weighted by molar-refractivity contribution is 0.0953. The molecule has 0 aliphatic carbocycles. The highest BCUT2D eigenvalue weighted by Gasteiger charge is 2.26. The van der Waals surface area contributed by atoms with E-state index in [2.05, 4.69) is 42.7 Å². The molecule has 2 aromatic rings. The summed E-state index contributed by atoms with van der Waals surface area (Å²) in [5, 5.41) is 0. The summed E-state index contributed by atoms with van der Waals surface area (Å²) in [5.74, 6) is 5.84. The molecule has 2 saturated heterocycles. The van der Waals surface area contributed by atoms with Crippen LogP contribution in [-0.4, -0.2) is 84.0 Å². The molecular formula is C29H41FN6O2S. The van der Waals surface area contributed by atoms with Crippen LogP contribution in [0.1, 0.15) is 42.3 Å². The SMILES string of the molecule is CC(C)(C)CN1CCN(Cc2ccc(N(Cc3ccc(C(=O)NN)cc3F)C(=O)N3CCSCC3)cc2)CC1. The van der Waals surface area contributed by atoms with E-state index >= 15 is 0 Å². The van der Waals surface area contributed by atoms with Crippen LogP contribution in [0.4, 0.5) is 14.9 Å². The van der Waals surface area contributed by atoms with Gasteiger partial charge in [0.25, 0.3) is 5.91 Å². The van der Waals surface area contributed by atoms with Crippen LogP contribution in [0.5, 0.6) is 0 Å². The van der Waals surface area contributed by atoms with Gasteiger partial charge in [0.15, 0.2) is 0 Å². The summed E-state index contributed by atoms with van der Waals surface area (Å²) in [6.45, 7) is 14.4. The minimum atomic E-state index is -0.564. The molecule has 4 rings (SSSR count). The van der Waals surface area contributed by atoms with Gasteiger partial charge in [0.1, 0.15) is 5.82 Å². The first-order valence-electron chi connectivity index (χ1n) is 13.6. The number of hydrogen-bond acceptors (Lipinski definition) is 6. The van der Waals surface area contributed by atoms with Crippen molar-refractivity contribution < 1.29 is 14.0 Å². The first kappa shape index (κ1) is 29.3. The third-order valence-corrected chi connectivity index (χ3v) is 8.05. The average molecular weight is 557 g/mol. The molecular weight excluding hydrogens is 515 g/mol. The Morgan fingerprint density at radius 2 is 1.62 bits per heavy atom. The molecule has 2 aliphatic rings. The third kappa shape index (κ3) is 8.17. The van der Waals surface area contributed by atoms with Crippen molar-refractivity contribution in [3.05, 3.63) is 65.0 Å². The van der Waals surface area contributed by atoms with Gasteiger partial charge in [0.05, 0.1) is 6.54 Å². The van der Waals surface area contributed by atoms with Crippen LogP contribution in [0.25, 0.3) is 0 Å². The van der Waals surface area contributed by atoms with Gasteiger partial charge in [-0.3, -0.25) is 20.0 Å². The number of carbonyl (C=O) groups is 2. The fourth-order valence-corrected chi connectivity index (χ4v) is 5.98. The summed E-state index contributed by atoms with van der Waals surface area (Å²) >= 11 is 1.83. The van der Waals surface area contributed by atoms with Gasteiger partial charge in [-0.1, -0.05) is 39.0 Å². The molecule has 2 aromatic carbocycles. The second-order valence-electron chi connectivity index (χ2n) is 11.5. The summed E-state index contributed by atoms with van der Waals surface area (Å²) in [5.41, 5.74) is 4.70. The standard InChI is InChI=1S/C29H41FN6O2S/c1-29(2,3)21-34-12-10-33(11-13-34)19-22-4-8-25(9-5-22)36(28(38)35-14-16-39-17-15-35)20-24-7-6-23(18-26(24)30)27(37)32-31/h4-9,18H,10-17,19-21,31H2,1-3H3,(H,32,37). The zero-order chi connectivity index (χ0) is 28.0. The van der Waals surface area contributed by atoms with Gasteiger partial charge in [-0.25, -0.2) is 15.0 Å². The van der Waals surface area contributed by atoms with E-state index in [-0.39, 0.29) is 18.1 Å². The minimum Gasteiger partial charge on any atom is -0.323 e. The number of hydrogen-bond donors (Lipinski definition) is 2. The molecule has 3 amide bonds. The fourth-order valence-electron chi connectivity index (χ4n) is 5.08. The number of halogens is 1. The van der Waals surface area contributed by atoms with Crippen LogP contribution >= 0.6 is 11.8 Å². The number of nitrogens with zero attached hydrogens (tertiary/aromatic N) is 4. The number of nitrogens with two attached hydrogens (primary N) is 1. The molecule has 0 radical (unpaired) electrons. The highest BCUT2D eigenvalue weighted by Crippen LogP contribution is 2.24. The summed E-state index contributed by atoms with van der Waals surface area (Å²) in [6, 6.07) is 12.1. The van der Waals surface area contributed by atoms with Crippen LogP contribution in [0.3, 0.4) is 0 Å². The topological polar surface area (TPSA) is 85.1 Å². The maximum Gasteiger partial charge on any atom is 0.324 e. The molecule has 39 heavy (non-hydrogen) atoms. The van der Waals surface area contributed by atoms with Gasteiger partial charge in [0, 0.05) is 80.7 Å². The molecule has 0 aromatic heterocycles. The lowest BCUT2D eigenvalue weighted by Crippen LogP contribution is -2.48. The molecule has 2 aliphatic heterocycles. The van der Waals surface area contributed by atoms with Crippen LogP contribution in [-0.2, 0) is 13.1 Å². The van der Waals surface area contributed by atoms with Crippen molar-refractivity contribution in [2.75, 3.05) is 62.2 Å². The first-order valence-corrected chi connectivity index (χ1v) is 14.8. The van der Waals surface area contributed by atoms with Crippen LogP contribution in [0, 0.1) is 11.2 Å². The number of hydrazine groups is 1. The summed E-state index contributed by atoms with van der Waals surface area (Å²) in [6.07, 6.45) is 0. The van der Waals surface area contributed by atoms with Crippen LogP contribution in [0.2, 0.25) is 0 Å². The van der Waals surface area contributed by atoms with Crippen molar-refractivity contribution in [1.82, 2.24) is 20.1 Å². The number of piperazine rings is 1. The Hall–Kier alpha value is -2.66. The van der Waals surface area contributed by atoms with Crippen molar-refractivity contribution in [2.45, 2.75) is 33.9 Å². The van der Waals surface area contributed by atoms with E-state index in [0.29, 0.717) is 24.1 Å². The second kappa shape index (κ2) is 13.1. The van der Waals surface area contributed by atoms with E-state index in [1.54, 1.807) is 11.0 Å². The summed E-state index contributed by atoms with van der Waals surface area (Å²) in [7, 11) is 0. The van der Waals surface area contributed by atoms with Gasteiger partial charge < -0.3 is 9.80 Å². The number of nitrogens with one attached hydrogen (secondary N) is 1. The van der Waals surface area contributed by atoms with Gasteiger partial charge in [-0.05, 0) is 35.2 Å². The number of anilines is 1. The number of thioether (sulfide) groups is 1. The Morgan fingerprint density at radius 1 is 0.974 bits per heavy atom. The molecule has 0 atom stereocenters. The molecule has 0 bridgehead atoms. The predicted molar refractivity (Wildman–Crippen MR) is 156 cm³/mol. The first-order chi connectivity index (χ1) is 18.6. The number of carbonyl (C=O) groups excluding carboxylic acids is 2. The summed E-state index contributed by atoms with van der Waals surface area (Å²) < 4.78 is 15.0. The third-order valence-electron chi connectivity index (χ3n) is 7.10. The zero-order valence-corrected chi connectivity index (χ0v) is 24.1.